The third kappa shape index (κ3) is 5.91. The van der Waals surface area contributed by atoms with Gasteiger partial charge >= 0.3 is 0 Å². The molecule has 0 aliphatic carbocycles. The second kappa shape index (κ2) is 9.60. The van der Waals surface area contributed by atoms with Gasteiger partial charge in [-0.3, -0.25) is 9.59 Å². The lowest BCUT2D eigenvalue weighted by Crippen LogP contribution is -2.28. The van der Waals surface area contributed by atoms with Crippen LogP contribution in [0.5, 0.6) is 0 Å². The van der Waals surface area contributed by atoms with Crippen LogP contribution in [0.15, 0.2) is 77.8 Å². The number of aliphatic imine (C=N–C) groups is 1. The molecule has 0 radical (unpaired) electrons. The van der Waals surface area contributed by atoms with Crippen LogP contribution in [0.25, 0.3) is 0 Å². The molecule has 0 saturated carbocycles. The average Bonchev–Trinajstić information content (AvgIpc) is 2.73. The zero-order valence-corrected chi connectivity index (χ0v) is 19.2. The number of nitrogens with zero attached hydrogens (tertiary/aromatic N) is 1. The third-order valence-electron chi connectivity index (χ3n) is 5.10. The van der Waals surface area contributed by atoms with Gasteiger partial charge in [0, 0.05) is 16.8 Å². The Morgan fingerprint density at radius 3 is 2.19 bits per heavy atom. The van der Waals surface area contributed by atoms with Gasteiger partial charge in [0.1, 0.15) is 5.84 Å². The van der Waals surface area contributed by atoms with E-state index in [1.165, 1.54) is 5.56 Å². The van der Waals surface area contributed by atoms with Crippen molar-refractivity contribution in [1.82, 2.24) is 5.32 Å². The summed E-state index contributed by atoms with van der Waals surface area (Å²) in [6.45, 7) is 10.0. The van der Waals surface area contributed by atoms with Crippen LogP contribution in [0.1, 0.15) is 59.5 Å². The van der Waals surface area contributed by atoms with E-state index in [-0.39, 0.29) is 17.2 Å². The lowest BCUT2D eigenvalue weighted by atomic mass is 9.87. The predicted octanol–water partition coefficient (Wildman–Crippen LogP) is 6.02. The van der Waals surface area contributed by atoms with Crippen LogP contribution in [-0.4, -0.2) is 17.6 Å². The summed E-state index contributed by atoms with van der Waals surface area (Å²) in [4.78, 5) is 29.6. The Kier molecular flexibility index (Phi) is 6.89. The summed E-state index contributed by atoms with van der Waals surface area (Å²) in [5.74, 6) is 0.0842. The number of benzene rings is 3. The van der Waals surface area contributed by atoms with Gasteiger partial charge in [-0.1, -0.05) is 57.2 Å². The van der Waals surface area contributed by atoms with Gasteiger partial charge in [0.25, 0.3) is 11.8 Å². The number of rotatable bonds is 4. The molecule has 0 aliphatic heterocycles. The maximum absolute atomic E-state index is 12.6. The molecule has 0 heterocycles. The molecule has 3 aromatic rings. The quantitative estimate of drug-likeness (QED) is 0.394. The predicted molar refractivity (Wildman–Crippen MR) is 131 cm³/mol. The molecule has 164 valence electrons. The first kappa shape index (κ1) is 22.9. The molecule has 3 rings (SSSR count). The van der Waals surface area contributed by atoms with E-state index in [4.69, 9.17) is 0 Å². The number of nitrogens with one attached hydrogen (secondary N) is 2. The van der Waals surface area contributed by atoms with Crippen LogP contribution in [0.3, 0.4) is 0 Å². The highest BCUT2D eigenvalue weighted by Gasteiger charge is 2.14. The number of hydrogen-bond acceptors (Lipinski definition) is 3. The van der Waals surface area contributed by atoms with Gasteiger partial charge in [0.2, 0.25) is 0 Å². The van der Waals surface area contributed by atoms with Gasteiger partial charge in [0.05, 0.1) is 5.69 Å². The Hall–Kier alpha value is -3.73. The van der Waals surface area contributed by atoms with Gasteiger partial charge in [-0.15, -0.1) is 0 Å². The van der Waals surface area contributed by atoms with Gasteiger partial charge < -0.3 is 10.6 Å². The Morgan fingerprint density at radius 2 is 1.53 bits per heavy atom. The van der Waals surface area contributed by atoms with E-state index in [2.05, 4.69) is 36.4 Å². The van der Waals surface area contributed by atoms with Crippen LogP contribution >= 0.6 is 0 Å². The standard InChI is InChI=1S/C27H29N3O2/c1-18-9-6-7-12-24(18)26(32)30-23-11-8-10-22(17-23)28-19(2)29-25(31)20-13-15-21(16-14-20)27(3,4)5/h6-17H,1-5H3,(H,30,32)(H,28,29,31). The van der Waals surface area contributed by atoms with E-state index in [1.54, 1.807) is 25.1 Å². The number of aryl methyl sites for hydroxylation is 1. The summed E-state index contributed by atoms with van der Waals surface area (Å²) in [6, 6.07) is 22.2. The number of carbonyl (C=O) groups excluding carboxylic acids is 2. The van der Waals surface area contributed by atoms with E-state index in [1.807, 2.05) is 61.5 Å². The average molecular weight is 428 g/mol. The van der Waals surface area contributed by atoms with E-state index >= 15 is 0 Å². The number of amidine groups is 1. The Bertz CT molecular complexity index is 1160. The van der Waals surface area contributed by atoms with Crippen LogP contribution in [-0.2, 0) is 5.41 Å². The maximum Gasteiger partial charge on any atom is 0.256 e. The van der Waals surface area contributed by atoms with Crippen molar-refractivity contribution in [3.63, 3.8) is 0 Å². The fraction of sp³-hybridized carbons (Fsp3) is 0.222. The molecule has 0 fully saturated rings. The topological polar surface area (TPSA) is 70.6 Å². The fourth-order valence-electron chi connectivity index (χ4n) is 3.26. The maximum atomic E-state index is 12.6. The van der Waals surface area contributed by atoms with Crippen molar-refractivity contribution in [2.45, 2.75) is 40.0 Å². The SMILES string of the molecule is CC(=Nc1cccc(NC(=O)c2ccccc2C)c1)NC(=O)c1ccc(C(C)(C)C)cc1. The molecule has 5 nitrogen and oxygen atoms in total. The van der Waals surface area contributed by atoms with Gasteiger partial charge in [-0.25, -0.2) is 4.99 Å². The van der Waals surface area contributed by atoms with Crippen LogP contribution in [0.2, 0.25) is 0 Å². The zero-order chi connectivity index (χ0) is 23.3. The van der Waals surface area contributed by atoms with E-state index in [9.17, 15) is 9.59 Å². The number of anilines is 1. The van der Waals surface area contributed by atoms with E-state index < -0.39 is 0 Å². The minimum absolute atomic E-state index is 0.0338. The smallest absolute Gasteiger partial charge is 0.256 e. The van der Waals surface area contributed by atoms with Crippen molar-refractivity contribution in [1.29, 1.82) is 0 Å². The molecule has 0 unspecified atom stereocenters. The monoisotopic (exact) mass is 427 g/mol. The molecular formula is C27H29N3O2. The molecule has 32 heavy (non-hydrogen) atoms. The van der Waals surface area contributed by atoms with Crippen molar-refractivity contribution in [2.75, 3.05) is 5.32 Å². The van der Waals surface area contributed by atoms with Crippen LogP contribution < -0.4 is 10.6 Å². The summed E-state index contributed by atoms with van der Waals surface area (Å²) in [7, 11) is 0. The Labute approximate surface area is 189 Å². The second-order valence-electron chi connectivity index (χ2n) is 8.80. The lowest BCUT2D eigenvalue weighted by Gasteiger charge is -2.19. The van der Waals surface area contributed by atoms with Gasteiger partial charge in [-0.05, 0) is 66.8 Å². The van der Waals surface area contributed by atoms with Crippen molar-refractivity contribution in [3.05, 3.63) is 95.1 Å². The van der Waals surface area contributed by atoms with Crippen molar-refractivity contribution in [2.24, 2.45) is 4.99 Å². The highest BCUT2D eigenvalue weighted by Crippen LogP contribution is 2.22. The minimum Gasteiger partial charge on any atom is -0.322 e. The normalized spacial score (nSPS) is 11.7. The van der Waals surface area contributed by atoms with Crippen molar-refractivity contribution < 1.29 is 9.59 Å². The summed E-state index contributed by atoms with van der Waals surface area (Å²) in [6.07, 6.45) is 0. The Balaban J connectivity index is 1.68. The Morgan fingerprint density at radius 1 is 0.844 bits per heavy atom. The number of hydrogen-bond donors (Lipinski definition) is 2. The molecule has 0 atom stereocenters. The van der Waals surface area contributed by atoms with Crippen LogP contribution in [0, 0.1) is 6.92 Å². The van der Waals surface area contributed by atoms with Crippen molar-refractivity contribution >= 4 is 29.0 Å². The molecule has 0 spiro atoms. The van der Waals surface area contributed by atoms with Crippen LogP contribution in [0.4, 0.5) is 11.4 Å². The molecular weight excluding hydrogens is 398 g/mol. The third-order valence-corrected chi connectivity index (χ3v) is 5.10. The summed E-state index contributed by atoms with van der Waals surface area (Å²) >= 11 is 0. The summed E-state index contributed by atoms with van der Waals surface area (Å²) in [5.41, 5.74) is 4.59. The molecule has 0 saturated heterocycles. The molecule has 0 aliphatic rings. The molecule has 0 bridgehead atoms. The highest BCUT2D eigenvalue weighted by molar-refractivity contribution is 6.07. The highest BCUT2D eigenvalue weighted by atomic mass is 16.2. The zero-order valence-electron chi connectivity index (χ0n) is 19.2. The molecule has 0 aromatic heterocycles. The second-order valence-corrected chi connectivity index (χ2v) is 8.80. The molecule has 2 amide bonds. The minimum atomic E-state index is -0.212. The summed E-state index contributed by atoms with van der Waals surface area (Å²) < 4.78 is 0. The first-order valence-corrected chi connectivity index (χ1v) is 10.6. The van der Waals surface area contributed by atoms with Crippen molar-refractivity contribution in [3.8, 4) is 0 Å². The van der Waals surface area contributed by atoms with E-state index in [0.717, 1.165) is 5.56 Å². The first-order chi connectivity index (χ1) is 15.1. The molecule has 3 aromatic carbocycles. The largest absolute Gasteiger partial charge is 0.322 e. The molecule has 5 heteroatoms. The lowest BCUT2D eigenvalue weighted by molar-refractivity contribution is 0.0975. The summed E-state index contributed by atoms with van der Waals surface area (Å²) in [5, 5.41) is 5.72. The number of amides is 2. The van der Waals surface area contributed by atoms with E-state index in [0.29, 0.717) is 28.3 Å². The number of carbonyl (C=O) groups is 2. The van der Waals surface area contributed by atoms with Gasteiger partial charge in [-0.2, -0.15) is 0 Å². The molecule has 2 N–H and O–H groups in total. The van der Waals surface area contributed by atoms with Gasteiger partial charge in [0.15, 0.2) is 0 Å². The first-order valence-electron chi connectivity index (χ1n) is 10.6. The fourth-order valence-corrected chi connectivity index (χ4v) is 3.26.